The van der Waals surface area contributed by atoms with Gasteiger partial charge >= 0.3 is 0 Å². The molecule has 0 amide bonds. The highest BCUT2D eigenvalue weighted by molar-refractivity contribution is 7.17. The Hall–Kier alpha value is -1.72. The average molecular weight is 292 g/mol. The Morgan fingerprint density at radius 1 is 1.42 bits per heavy atom. The maximum absolute atomic E-state index is 12.1. The van der Waals surface area contributed by atoms with Gasteiger partial charge in [0.25, 0.3) is 5.56 Å². The van der Waals surface area contributed by atoms with Crippen LogP contribution in [-0.4, -0.2) is 15.0 Å². The lowest BCUT2D eigenvalue weighted by Gasteiger charge is -2.02. The number of halogens is 1. The van der Waals surface area contributed by atoms with Gasteiger partial charge < -0.3 is 4.98 Å². The van der Waals surface area contributed by atoms with Gasteiger partial charge in [0.15, 0.2) is 5.82 Å². The number of hydrogen-bond acceptors (Lipinski definition) is 4. The zero-order chi connectivity index (χ0) is 13.4. The summed E-state index contributed by atoms with van der Waals surface area (Å²) in [5.74, 6) is 0.468. The maximum Gasteiger partial charge on any atom is 0.269 e. The van der Waals surface area contributed by atoms with Gasteiger partial charge in [0, 0.05) is 11.8 Å². The highest BCUT2D eigenvalue weighted by Crippen LogP contribution is 2.30. The maximum atomic E-state index is 12.1. The molecular formula is C13H10ClN3OS. The largest absolute Gasteiger partial charge is 0.304 e. The molecule has 0 aliphatic heterocycles. The minimum absolute atomic E-state index is 0.154. The quantitative estimate of drug-likeness (QED) is 0.737. The molecule has 1 unspecified atom stereocenters. The van der Waals surface area contributed by atoms with E-state index in [0.717, 1.165) is 5.56 Å². The van der Waals surface area contributed by atoms with Crippen molar-refractivity contribution in [3.8, 4) is 11.5 Å². The fourth-order valence-electron chi connectivity index (χ4n) is 1.85. The number of alkyl halides is 1. The molecule has 96 valence electrons. The zero-order valence-corrected chi connectivity index (χ0v) is 11.6. The summed E-state index contributed by atoms with van der Waals surface area (Å²) >= 11 is 7.47. The summed E-state index contributed by atoms with van der Waals surface area (Å²) in [4.78, 5) is 23.5. The normalized spacial score (nSPS) is 12.7. The number of H-pyrrole nitrogens is 1. The first-order valence-electron chi connectivity index (χ1n) is 5.73. The van der Waals surface area contributed by atoms with Crippen molar-refractivity contribution in [1.29, 1.82) is 0 Å². The number of nitrogens with one attached hydrogen (secondary N) is 1. The van der Waals surface area contributed by atoms with Crippen LogP contribution in [0.3, 0.4) is 0 Å². The molecule has 4 nitrogen and oxygen atoms in total. The lowest BCUT2D eigenvalue weighted by atomic mass is 10.2. The van der Waals surface area contributed by atoms with Crippen molar-refractivity contribution in [2.75, 3.05) is 0 Å². The molecule has 0 fully saturated rings. The van der Waals surface area contributed by atoms with Crippen LogP contribution in [0.5, 0.6) is 0 Å². The average Bonchev–Trinajstić information content (AvgIpc) is 2.84. The molecule has 3 rings (SSSR count). The molecule has 1 N–H and O–H groups in total. The van der Waals surface area contributed by atoms with Crippen LogP contribution in [0, 0.1) is 0 Å². The minimum atomic E-state index is -0.181. The molecule has 3 aromatic rings. The number of thiophene rings is 1. The summed E-state index contributed by atoms with van der Waals surface area (Å²) in [7, 11) is 0. The summed E-state index contributed by atoms with van der Waals surface area (Å²) in [5, 5.41) is 1.70. The van der Waals surface area contributed by atoms with Gasteiger partial charge in [-0.3, -0.25) is 9.78 Å². The van der Waals surface area contributed by atoms with Crippen molar-refractivity contribution in [1.82, 2.24) is 15.0 Å². The Morgan fingerprint density at radius 2 is 2.26 bits per heavy atom. The monoisotopic (exact) mass is 291 g/mol. The van der Waals surface area contributed by atoms with Crippen molar-refractivity contribution >= 4 is 33.2 Å². The highest BCUT2D eigenvalue weighted by Gasteiger charge is 2.15. The molecule has 0 aromatic carbocycles. The molecule has 1 atom stereocenters. The number of aromatic nitrogens is 3. The van der Waals surface area contributed by atoms with Crippen molar-refractivity contribution in [2.45, 2.75) is 12.3 Å². The van der Waals surface area contributed by atoms with Gasteiger partial charge in [-0.05, 0) is 24.4 Å². The van der Waals surface area contributed by atoms with E-state index in [4.69, 9.17) is 11.6 Å². The van der Waals surface area contributed by atoms with Gasteiger partial charge in [0.05, 0.1) is 10.9 Å². The summed E-state index contributed by atoms with van der Waals surface area (Å²) in [6.07, 6.45) is 1.66. The van der Waals surface area contributed by atoms with Gasteiger partial charge in [-0.15, -0.1) is 22.9 Å². The smallest absolute Gasteiger partial charge is 0.269 e. The molecular weight excluding hydrogens is 282 g/mol. The van der Waals surface area contributed by atoms with Gasteiger partial charge in [-0.1, -0.05) is 6.07 Å². The molecule has 0 saturated carbocycles. The van der Waals surface area contributed by atoms with E-state index in [0.29, 0.717) is 21.7 Å². The molecule has 0 aliphatic carbocycles. The number of pyridine rings is 1. The number of rotatable bonds is 2. The molecule has 3 heterocycles. The molecule has 6 heteroatoms. The third-order valence-corrected chi connectivity index (χ3v) is 4.01. The van der Waals surface area contributed by atoms with E-state index in [1.54, 1.807) is 12.3 Å². The van der Waals surface area contributed by atoms with Crippen LogP contribution >= 0.6 is 22.9 Å². The van der Waals surface area contributed by atoms with Crippen LogP contribution < -0.4 is 5.56 Å². The van der Waals surface area contributed by atoms with E-state index in [1.807, 2.05) is 24.4 Å². The Labute approximate surface area is 118 Å². The predicted octanol–water partition coefficient (Wildman–Crippen LogP) is 3.35. The molecule has 0 spiro atoms. The van der Waals surface area contributed by atoms with Crippen molar-refractivity contribution in [3.63, 3.8) is 0 Å². The third kappa shape index (κ3) is 2.15. The zero-order valence-electron chi connectivity index (χ0n) is 10.1. The van der Waals surface area contributed by atoms with Crippen molar-refractivity contribution in [3.05, 3.63) is 45.7 Å². The van der Waals surface area contributed by atoms with Crippen molar-refractivity contribution in [2.24, 2.45) is 0 Å². The SMILES string of the molecule is CC(Cl)c1csc2c(=O)[nH]c(-c3ccccn3)nc12. The lowest BCUT2D eigenvalue weighted by molar-refractivity contribution is 1.09. The Kier molecular flexibility index (Phi) is 3.08. The van der Waals surface area contributed by atoms with Crippen LogP contribution in [0.4, 0.5) is 0 Å². The molecule has 0 saturated heterocycles. The fourth-order valence-corrected chi connectivity index (χ4v) is 3.09. The summed E-state index contributed by atoms with van der Waals surface area (Å²) in [6.45, 7) is 1.87. The van der Waals surface area contributed by atoms with Gasteiger partial charge in [0.2, 0.25) is 0 Å². The molecule has 0 aliphatic rings. The van der Waals surface area contributed by atoms with E-state index in [9.17, 15) is 4.79 Å². The second-order valence-corrected chi connectivity index (χ2v) is 5.65. The molecule has 3 aromatic heterocycles. The standard InChI is InChI=1S/C13H10ClN3OS/c1-7(14)8-6-19-11-10(8)16-12(17-13(11)18)9-4-2-3-5-15-9/h2-7H,1H3,(H,16,17,18). The van der Waals surface area contributed by atoms with Crippen LogP contribution in [0.1, 0.15) is 17.9 Å². The Balaban J connectivity index is 2.29. The van der Waals surface area contributed by atoms with Crippen LogP contribution in [0.25, 0.3) is 21.7 Å². The minimum Gasteiger partial charge on any atom is -0.304 e. The number of nitrogens with zero attached hydrogens (tertiary/aromatic N) is 2. The predicted molar refractivity (Wildman–Crippen MR) is 77.7 cm³/mol. The first-order chi connectivity index (χ1) is 9.16. The first-order valence-corrected chi connectivity index (χ1v) is 7.05. The fraction of sp³-hybridized carbons (Fsp3) is 0.154. The van der Waals surface area contributed by atoms with E-state index in [-0.39, 0.29) is 10.9 Å². The first kappa shape index (κ1) is 12.3. The lowest BCUT2D eigenvalue weighted by Crippen LogP contribution is -2.08. The van der Waals surface area contributed by atoms with Crippen LogP contribution in [0.2, 0.25) is 0 Å². The van der Waals surface area contributed by atoms with Crippen LogP contribution in [-0.2, 0) is 0 Å². The second-order valence-electron chi connectivity index (χ2n) is 4.11. The molecule has 19 heavy (non-hydrogen) atoms. The molecule has 0 radical (unpaired) electrons. The van der Waals surface area contributed by atoms with E-state index in [1.165, 1.54) is 11.3 Å². The van der Waals surface area contributed by atoms with Gasteiger partial charge in [-0.2, -0.15) is 0 Å². The summed E-state index contributed by atoms with van der Waals surface area (Å²) in [6, 6.07) is 5.47. The summed E-state index contributed by atoms with van der Waals surface area (Å²) < 4.78 is 0.599. The van der Waals surface area contributed by atoms with Gasteiger partial charge in [-0.25, -0.2) is 4.98 Å². The molecule has 0 bridgehead atoms. The van der Waals surface area contributed by atoms with Crippen LogP contribution in [0.15, 0.2) is 34.6 Å². The third-order valence-electron chi connectivity index (χ3n) is 2.79. The van der Waals surface area contributed by atoms with Gasteiger partial charge in [0.1, 0.15) is 10.4 Å². The number of hydrogen-bond donors (Lipinski definition) is 1. The number of fused-ring (bicyclic) bond motifs is 1. The van der Waals surface area contributed by atoms with Crippen molar-refractivity contribution < 1.29 is 0 Å². The highest BCUT2D eigenvalue weighted by atomic mass is 35.5. The second kappa shape index (κ2) is 4.75. The van der Waals surface area contributed by atoms with E-state index >= 15 is 0 Å². The number of aromatic amines is 1. The summed E-state index contributed by atoms with van der Waals surface area (Å²) in [5.41, 5.74) is 2.03. The Morgan fingerprint density at radius 3 is 2.95 bits per heavy atom. The topological polar surface area (TPSA) is 58.6 Å². The van der Waals surface area contributed by atoms with E-state index in [2.05, 4.69) is 15.0 Å². The Bertz CT molecular complexity index is 779. The van der Waals surface area contributed by atoms with E-state index < -0.39 is 0 Å².